The van der Waals surface area contributed by atoms with Crippen LogP contribution in [0.3, 0.4) is 0 Å². The Kier molecular flexibility index (Phi) is 15.2. The van der Waals surface area contributed by atoms with Crippen molar-refractivity contribution in [3.8, 4) is 11.5 Å². The molecule has 0 radical (unpaired) electrons. The lowest BCUT2D eigenvalue weighted by atomic mass is 9.87. The van der Waals surface area contributed by atoms with Crippen molar-refractivity contribution < 1.29 is 19.7 Å². The van der Waals surface area contributed by atoms with Crippen molar-refractivity contribution in [2.75, 3.05) is 18.6 Å². The van der Waals surface area contributed by atoms with E-state index in [1.807, 2.05) is 50.2 Å². The van der Waals surface area contributed by atoms with Crippen molar-refractivity contribution >= 4 is 35.3 Å². The molecule has 0 spiro atoms. The summed E-state index contributed by atoms with van der Waals surface area (Å²) >= 11 is 0. The molecule has 0 aliphatic carbocycles. The first-order valence-electron chi connectivity index (χ1n) is 18.4. The van der Waals surface area contributed by atoms with Crippen molar-refractivity contribution in [2.24, 2.45) is 5.92 Å². The number of unbranched alkanes of at least 4 members (excludes halogenated alkanes) is 2. The number of rotatable bonds is 19. The van der Waals surface area contributed by atoms with Gasteiger partial charge >= 0.3 is 0 Å². The number of nitrogens with zero attached hydrogens (tertiary/aromatic N) is 1. The van der Waals surface area contributed by atoms with Crippen LogP contribution in [0.1, 0.15) is 105 Å². The van der Waals surface area contributed by atoms with Crippen LogP contribution in [-0.2, 0) is 19.6 Å². The number of aliphatic hydroxyl groups excluding tert-OH is 2. The van der Waals surface area contributed by atoms with Crippen molar-refractivity contribution in [1.82, 2.24) is 0 Å². The number of allylic oxidation sites excluding steroid dienone is 1. The smallest absolute Gasteiger partial charge is 0.143 e. The Bertz CT molecular complexity index is 1710. The van der Waals surface area contributed by atoms with Gasteiger partial charge in [-0.3, -0.25) is 0 Å². The van der Waals surface area contributed by atoms with E-state index < -0.39 is 0 Å². The minimum Gasteiger partial charge on any atom is -0.495 e. The Labute approximate surface area is 300 Å². The predicted octanol–water partition coefficient (Wildman–Crippen LogP) is 11.6. The molecular weight excluding hydrogens is 618 g/mol. The lowest BCUT2D eigenvalue weighted by molar-refractivity contribution is 0.281. The van der Waals surface area contributed by atoms with E-state index >= 15 is 0 Å². The molecule has 0 saturated carbocycles. The molecule has 266 valence electrons. The van der Waals surface area contributed by atoms with Crippen LogP contribution in [0.15, 0.2) is 78.9 Å². The molecule has 4 aromatic rings. The molecule has 0 bridgehead atoms. The maximum Gasteiger partial charge on any atom is 0.143 e. The Morgan fingerprint density at radius 3 is 2.10 bits per heavy atom. The first-order valence-corrected chi connectivity index (χ1v) is 18.4. The molecule has 0 aliphatic heterocycles. The molecule has 1 unspecified atom stereocenters. The first-order chi connectivity index (χ1) is 24.4. The van der Waals surface area contributed by atoms with Crippen molar-refractivity contribution in [3.63, 3.8) is 0 Å². The molecule has 4 aromatic carbocycles. The summed E-state index contributed by atoms with van der Waals surface area (Å²) in [6, 6.07) is 24.8. The highest BCUT2D eigenvalue weighted by Gasteiger charge is 2.20. The fraction of sp³-hybridized carbons (Fsp3) is 0.378. The van der Waals surface area contributed by atoms with Crippen LogP contribution in [0.2, 0.25) is 0 Å². The quantitative estimate of drug-likeness (QED) is 0.0765. The van der Waals surface area contributed by atoms with Crippen LogP contribution in [0.5, 0.6) is 11.5 Å². The zero-order valence-corrected chi connectivity index (χ0v) is 31.0. The fourth-order valence-corrected chi connectivity index (χ4v) is 6.45. The standard InChI is InChI=1S/C45H57NO4/c1-7-11-14-34(10-4)27-38-29-37(39(31-47)30-36(38)13-9-3)18-16-35-17-24-44(45(28-35)49-6)46(43-23-15-33(5)26-40(43)32-48)41-19-21-42(22-20-41)50-25-12-8-2/h9,13,15-24,26,28-30,34,47-48H,7-8,10-12,14,25,27,31-32H2,1-6H3. The highest BCUT2D eigenvalue weighted by atomic mass is 16.5. The molecule has 5 nitrogen and oxygen atoms in total. The number of ether oxygens (including phenoxy) is 2. The van der Waals surface area contributed by atoms with Crippen molar-refractivity contribution in [2.45, 2.75) is 92.8 Å². The number of hydrogen-bond acceptors (Lipinski definition) is 5. The van der Waals surface area contributed by atoms with Gasteiger partial charge in [0.15, 0.2) is 0 Å². The minimum absolute atomic E-state index is 0.0268. The zero-order valence-electron chi connectivity index (χ0n) is 31.0. The second kappa shape index (κ2) is 19.8. The summed E-state index contributed by atoms with van der Waals surface area (Å²) in [6.45, 7) is 11.4. The third-order valence-electron chi connectivity index (χ3n) is 9.38. The maximum absolute atomic E-state index is 10.4. The third-order valence-corrected chi connectivity index (χ3v) is 9.38. The summed E-state index contributed by atoms with van der Waals surface area (Å²) in [5.74, 6) is 2.17. The monoisotopic (exact) mass is 675 g/mol. The van der Waals surface area contributed by atoms with Crippen LogP contribution >= 0.6 is 0 Å². The summed E-state index contributed by atoms with van der Waals surface area (Å²) in [5.41, 5.74) is 10.0. The molecule has 2 N–H and O–H groups in total. The molecular formula is C45H57NO4. The van der Waals surface area contributed by atoms with Gasteiger partial charge in [0.05, 0.1) is 38.3 Å². The van der Waals surface area contributed by atoms with Gasteiger partial charge in [-0.15, -0.1) is 0 Å². The Balaban J connectivity index is 1.74. The third kappa shape index (κ3) is 10.1. The normalized spacial score (nSPS) is 12.2. The number of benzene rings is 4. The van der Waals surface area contributed by atoms with Crippen molar-refractivity contribution in [3.05, 3.63) is 118 Å². The average molecular weight is 676 g/mol. The summed E-state index contributed by atoms with van der Waals surface area (Å²) in [4.78, 5) is 2.13. The van der Waals surface area contributed by atoms with E-state index in [9.17, 15) is 10.2 Å². The number of hydrogen-bond donors (Lipinski definition) is 2. The minimum atomic E-state index is -0.0888. The van der Waals surface area contributed by atoms with E-state index in [0.29, 0.717) is 18.3 Å². The summed E-state index contributed by atoms with van der Waals surface area (Å²) in [7, 11) is 1.69. The SMILES string of the molecule is CC=Cc1cc(CO)c(C=Cc2ccc(N(c3ccc(OCCCC)cc3)c3ccc(C)cc3CO)c(OC)c2)cc1CC(CC)CCCC. The van der Waals surface area contributed by atoms with E-state index in [4.69, 9.17) is 9.47 Å². The van der Waals surface area contributed by atoms with Gasteiger partial charge in [-0.1, -0.05) is 107 Å². The second-order valence-electron chi connectivity index (χ2n) is 13.1. The zero-order chi connectivity index (χ0) is 35.9. The van der Waals surface area contributed by atoms with E-state index in [1.165, 1.54) is 30.4 Å². The van der Waals surface area contributed by atoms with E-state index in [0.717, 1.165) is 76.3 Å². The summed E-state index contributed by atoms with van der Waals surface area (Å²) in [6.07, 6.45) is 16.4. The molecule has 0 aromatic heterocycles. The maximum atomic E-state index is 10.4. The summed E-state index contributed by atoms with van der Waals surface area (Å²) < 4.78 is 12.0. The molecule has 1 atom stereocenters. The number of aryl methyl sites for hydroxylation is 1. The largest absolute Gasteiger partial charge is 0.495 e. The molecule has 50 heavy (non-hydrogen) atoms. The molecule has 0 aliphatic rings. The van der Waals surface area contributed by atoms with Gasteiger partial charge in [0, 0.05) is 11.3 Å². The van der Waals surface area contributed by atoms with Gasteiger partial charge in [0.1, 0.15) is 11.5 Å². The predicted molar refractivity (Wildman–Crippen MR) is 212 cm³/mol. The van der Waals surface area contributed by atoms with Gasteiger partial charge in [-0.05, 0) is 109 Å². The summed E-state index contributed by atoms with van der Waals surface area (Å²) in [5, 5.41) is 20.8. The highest BCUT2D eigenvalue weighted by molar-refractivity contribution is 5.84. The van der Waals surface area contributed by atoms with E-state index in [-0.39, 0.29) is 13.2 Å². The van der Waals surface area contributed by atoms with Gasteiger partial charge in [0.25, 0.3) is 0 Å². The van der Waals surface area contributed by atoms with E-state index in [2.05, 4.69) is 86.4 Å². The van der Waals surface area contributed by atoms with Crippen LogP contribution in [-0.4, -0.2) is 23.9 Å². The Morgan fingerprint density at radius 1 is 0.740 bits per heavy atom. The molecule has 0 amide bonds. The number of aliphatic hydroxyl groups is 2. The molecule has 0 heterocycles. The molecule has 0 saturated heterocycles. The van der Waals surface area contributed by atoms with E-state index in [1.54, 1.807) is 7.11 Å². The topological polar surface area (TPSA) is 62.2 Å². The molecule has 5 heteroatoms. The second-order valence-corrected chi connectivity index (χ2v) is 13.1. The van der Waals surface area contributed by atoms with Crippen LogP contribution in [0.4, 0.5) is 17.1 Å². The average Bonchev–Trinajstić information content (AvgIpc) is 3.14. The van der Waals surface area contributed by atoms with Gasteiger partial charge in [-0.2, -0.15) is 0 Å². The number of methoxy groups -OCH3 is 1. The van der Waals surface area contributed by atoms with Crippen LogP contribution in [0.25, 0.3) is 18.2 Å². The van der Waals surface area contributed by atoms with Gasteiger partial charge in [0.2, 0.25) is 0 Å². The Hall–Kier alpha value is -4.32. The highest BCUT2D eigenvalue weighted by Crippen LogP contribution is 2.43. The van der Waals surface area contributed by atoms with Crippen LogP contribution in [0, 0.1) is 12.8 Å². The van der Waals surface area contributed by atoms with Gasteiger partial charge < -0.3 is 24.6 Å². The fourth-order valence-electron chi connectivity index (χ4n) is 6.45. The van der Waals surface area contributed by atoms with Crippen LogP contribution < -0.4 is 14.4 Å². The molecule has 4 rings (SSSR count). The van der Waals surface area contributed by atoms with Crippen molar-refractivity contribution in [1.29, 1.82) is 0 Å². The number of anilines is 3. The Morgan fingerprint density at radius 2 is 1.44 bits per heavy atom. The lowest BCUT2D eigenvalue weighted by Crippen LogP contribution is -2.13. The first kappa shape index (κ1) is 38.5. The lowest BCUT2D eigenvalue weighted by Gasteiger charge is -2.29. The molecule has 0 fully saturated rings. The van der Waals surface area contributed by atoms with Gasteiger partial charge in [-0.25, -0.2) is 0 Å².